The van der Waals surface area contributed by atoms with E-state index < -0.39 is 5.97 Å². The van der Waals surface area contributed by atoms with E-state index in [1.54, 1.807) is 0 Å². The number of amides is 2. The highest BCUT2D eigenvalue weighted by atomic mass is 16.4. The third-order valence-corrected chi connectivity index (χ3v) is 4.16. The molecule has 3 unspecified atom stereocenters. The first-order valence-corrected chi connectivity index (χ1v) is 7.26. The number of carboxylic acids is 1. The summed E-state index contributed by atoms with van der Waals surface area (Å²) in [5.41, 5.74) is 0. The summed E-state index contributed by atoms with van der Waals surface area (Å²) in [7, 11) is 0. The fraction of sp³-hybridized carbons (Fsp3) is 0.857. The number of rotatable bonds is 7. The van der Waals surface area contributed by atoms with E-state index in [1.807, 2.05) is 6.92 Å². The van der Waals surface area contributed by atoms with Crippen LogP contribution in [0, 0.1) is 17.8 Å². The zero-order valence-electron chi connectivity index (χ0n) is 11.9. The predicted molar refractivity (Wildman–Crippen MR) is 73.9 cm³/mol. The van der Waals surface area contributed by atoms with Crippen LogP contribution in [0.2, 0.25) is 0 Å². The minimum atomic E-state index is -0.811. The van der Waals surface area contributed by atoms with Crippen LogP contribution in [0.4, 0.5) is 4.79 Å². The van der Waals surface area contributed by atoms with Gasteiger partial charge in [-0.1, -0.05) is 33.1 Å². The molecule has 0 bridgehead atoms. The van der Waals surface area contributed by atoms with E-state index in [1.165, 1.54) is 19.3 Å². The van der Waals surface area contributed by atoms with Crippen LogP contribution in [-0.4, -0.2) is 30.2 Å². The number of hydrogen-bond donors (Lipinski definition) is 3. The molecule has 5 nitrogen and oxygen atoms in total. The molecular weight excluding hydrogens is 244 g/mol. The van der Waals surface area contributed by atoms with E-state index in [9.17, 15) is 9.59 Å². The van der Waals surface area contributed by atoms with Gasteiger partial charge >= 0.3 is 12.0 Å². The molecule has 1 fully saturated rings. The van der Waals surface area contributed by atoms with Crippen molar-refractivity contribution in [1.82, 2.24) is 10.6 Å². The summed E-state index contributed by atoms with van der Waals surface area (Å²) in [6, 6.07) is -0.178. The van der Waals surface area contributed by atoms with Crippen LogP contribution in [-0.2, 0) is 4.79 Å². The first-order valence-electron chi connectivity index (χ1n) is 7.26. The molecule has 0 aromatic heterocycles. The van der Waals surface area contributed by atoms with Gasteiger partial charge in [0.15, 0.2) is 0 Å². The third kappa shape index (κ3) is 5.94. The maximum absolute atomic E-state index is 11.6. The van der Waals surface area contributed by atoms with Crippen LogP contribution >= 0.6 is 0 Å². The van der Waals surface area contributed by atoms with Crippen LogP contribution in [0.3, 0.4) is 0 Å². The summed E-state index contributed by atoms with van der Waals surface area (Å²) < 4.78 is 0. The molecule has 0 aliphatic heterocycles. The normalized spacial score (nSPS) is 23.9. The van der Waals surface area contributed by atoms with E-state index in [2.05, 4.69) is 17.6 Å². The number of urea groups is 1. The highest BCUT2D eigenvalue weighted by Crippen LogP contribution is 2.30. The standard InChI is InChI=1S/C14H26N2O3/c1-3-11(7-13(17)18)8-15-14(19)16-9-12-6-4-5-10(12)2/h10-12H,3-9H2,1-2H3,(H,17,18)(H2,15,16,19). The molecule has 1 rings (SSSR count). The quantitative estimate of drug-likeness (QED) is 0.663. The van der Waals surface area contributed by atoms with E-state index in [0.29, 0.717) is 18.4 Å². The number of carboxylic acid groups (broad SMARTS) is 1. The van der Waals surface area contributed by atoms with Crippen molar-refractivity contribution in [1.29, 1.82) is 0 Å². The molecule has 0 heterocycles. The lowest BCUT2D eigenvalue weighted by atomic mass is 9.98. The molecule has 1 aliphatic carbocycles. The molecule has 3 N–H and O–H groups in total. The zero-order valence-corrected chi connectivity index (χ0v) is 11.9. The lowest BCUT2D eigenvalue weighted by Crippen LogP contribution is -2.41. The van der Waals surface area contributed by atoms with E-state index in [4.69, 9.17) is 5.11 Å². The van der Waals surface area contributed by atoms with E-state index in [0.717, 1.165) is 13.0 Å². The maximum Gasteiger partial charge on any atom is 0.314 e. The molecule has 110 valence electrons. The molecule has 2 amide bonds. The van der Waals surface area contributed by atoms with E-state index >= 15 is 0 Å². The Balaban J connectivity index is 2.17. The Bertz CT molecular complexity index is 307. The number of hydrogen-bond acceptors (Lipinski definition) is 2. The average molecular weight is 270 g/mol. The van der Waals surface area contributed by atoms with Gasteiger partial charge in [-0.3, -0.25) is 4.79 Å². The Hall–Kier alpha value is -1.26. The molecule has 1 saturated carbocycles. The van der Waals surface area contributed by atoms with Crippen LogP contribution in [0.15, 0.2) is 0 Å². The molecule has 19 heavy (non-hydrogen) atoms. The summed E-state index contributed by atoms with van der Waals surface area (Å²) in [5, 5.41) is 14.4. The fourth-order valence-electron chi connectivity index (χ4n) is 2.66. The Morgan fingerprint density at radius 1 is 1.32 bits per heavy atom. The Kier molecular flexibility index (Phi) is 6.67. The Morgan fingerprint density at radius 3 is 2.58 bits per heavy atom. The second kappa shape index (κ2) is 8.02. The molecule has 0 aromatic rings. The smallest absolute Gasteiger partial charge is 0.314 e. The van der Waals surface area contributed by atoms with Gasteiger partial charge in [0.1, 0.15) is 0 Å². The van der Waals surface area contributed by atoms with Gasteiger partial charge in [-0.2, -0.15) is 0 Å². The topological polar surface area (TPSA) is 78.4 Å². The second-order valence-corrected chi connectivity index (χ2v) is 5.63. The SMILES string of the molecule is CCC(CNC(=O)NCC1CCCC1C)CC(=O)O. The van der Waals surface area contributed by atoms with Crippen LogP contribution in [0.1, 0.15) is 46.0 Å². The van der Waals surface area contributed by atoms with Crippen LogP contribution in [0.5, 0.6) is 0 Å². The molecular formula is C14H26N2O3. The van der Waals surface area contributed by atoms with Crippen molar-refractivity contribution in [2.75, 3.05) is 13.1 Å². The number of carbonyl (C=O) groups excluding carboxylic acids is 1. The van der Waals surface area contributed by atoms with Gasteiger partial charge in [-0.25, -0.2) is 4.79 Å². The number of aliphatic carboxylic acids is 1. The highest BCUT2D eigenvalue weighted by molar-refractivity contribution is 5.74. The Morgan fingerprint density at radius 2 is 2.05 bits per heavy atom. The maximum atomic E-state index is 11.6. The second-order valence-electron chi connectivity index (χ2n) is 5.63. The van der Waals surface area contributed by atoms with Gasteiger partial charge in [0.25, 0.3) is 0 Å². The zero-order chi connectivity index (χ0) is 14.3. The van der Waals surface area contributed by atoms with Crippen molar-refractivity contribution in [3.63, 3.8) is 0 Å². The Labute approximate surface area is 115 Å². The van der Waals surface area contributed by atoms with Gasteiger partial charge in [-0.05, 0) is 24.2 Å². The lowest BCUT2D eigenvalue weighted by molar-refractivity contribution is -0.138. The van der Waals surface area contributed by atoms with Gasteiger partial charge in [0.05, 0.1) is 0 Å². The number of nitrogens with one attached hydrogen (secondary N) is 2. The molecule has 3 atom stereocenters. The molecule has 0 radical (unpaired) electrons. The average Bonchev–Trinajstić information content (AvgIpc) is 2.77. The predicted octanol–water partition coefficient (Wildman–Crippen LogP) is 2.22. The first kappa shape index (κ1) is 15.8. The number of carbonyl (C=O) groups is 2. The van der Waals surface area contributed by atoms with E-state index in [-0.39, 0.29) is 18.4 Å². The van der Waals surface area contributed by atoms with Crippen molar-refractivity contribution < 1.29 is 14.7 Å². The first-order chi connectivity index (χ1) is 9.02. The lowest BCUT2D eigenvalue weighted by Gasteiger charge is -2.17. The minimum Gasteiger partial charge on any atom is -0.481 e. The van der Waals surface area contributed by atoms with Crippen molar-refractivity contribution in [2.24, 2.45) is 17.8 Å². The summed E-state index contributed by atoms with van der Waals surface area (Å²) in [5.74, 6) is 0.477. The molecule has 1 aliphatic rings. The van der Waals surface area contributed by atoms with Crippen molar-refractivity contribution >= 4 is 12.0 Å². The van der Waals surface area contributed by atoms with Crippen molar-refractivity contribution in [3.8, 4) is 0 Å². The summed E-state index contributed by atoms with van der Waals surface area (Å²) in [6.45, 7) is 5.32. The summed E-state index contributed by atoms with van der Waals surface area (Å²) in [4.78, 5) is 22.3. The molecule has 0 aromatic carbocycles. The summed E-state index contributed by atoms with van der Waals surface area (Å²) >= 11 is 0. The minimum absolute atomic E-state index is 0.00801. The summed E-state index contributed by atoms with van der Waals surface area (Å²) in [6.07, 6.45) is 4.57. The van der Waals surface area contributed by atoms with Crippen LogP contribution in [0.25, 0.3) is 0 Å². The van der Waals surface area contributed by atoms with Crippen LogP contribution < -0.4 is 10.6 Å². The monoisotopic (exact) mass is 270 g/mol. The van der Waals surface area contributed by atoms with Crippen molar-refractivity contribution in [3.05, 3.63) is 0 Å². The van der Waals surface area contributed by atoms with Gasteiger partial charge in [0, 0.05) is 19.5 Å². The highest BCUT2D eigenvalue weighted by Gasteiger charge is 2.23. The molecule has 5 heteroatoms. The fourth-order valence-corrected chi connectivity index (χ4v) is 2.66. The third-order valence-electron chi connectivity index (χ3n) is 4.16. The van der Waals surface area contributed by atoms with Crippen molar-refractivity contribution in [2.45, 2.75) is 46.0 Å². The molecule has 0 spiro atoms. The molecule has 0 saturated heterocycles. The van der Waals surface area contributed by atoms with Gasteiger partial charge in [-0.15, -0.1) is 0 Å². The van der Waals surface area contributed by atoms with Gasteiger partial charge in [0.2, 0.25) is 0 Å². The largest absolute Gasteiger partial charge is 0.481 e. The van der Waals surface area contributed by atoms with Gasteiger partial charge < -0.3 is 15.7 Å².